The average Bonchev–Trinajstić information content (AvgIpc) is 2.58. The van der Waals surface area contributed by atoms with Gasteiger partial charge in [-0.15, -0.1) is 11.3 Å². The first-order chi connectivity index (χ1) is 8.55. The van der Waals surface area contributed by atoms with E-state index in [1.165, 1.54) is 11.3 Å². The maximum atomic E-state index is 11.6. The fraction of sp³-hybridized carbons (Fsp3) is 0.667. The predicted octanol–water partition coefficient (Wildman–Crippen LogP) is 2.00. The highest BCUT2D eigenvalue weighted by molar-refractivity contribution is 7.90. The molecule has 0 aliphatic heterocycles. The molecule has 0 unspecified atom stereocenters. The minimum atomic E-state index is -3.15. The lowest BCUT2D eigenvalue weighted by molar-refractivity contribution is -0.136. The summed E-state index contributed by atoms with van der Waals surface area (Å²) in [6.45, 7) is 7.40. The number of aromatic nitrogens is 1. The van der Waals surface area contributed by atoms with Crippen molar-refractivity contribution in [3.63, 3.8) is 0 Å². The molecule has 0 fully saturated rings. The zero-order valence-electron chi connectivity index (χ0n) is 11.6. The Hall–Kier alpha value is -0.950. The second-order valence-electron chi connectivity index (χ2n) is 5.38. The molecule has 0 bridgehead atoms. The predicted molar refractivity (Wildman–Crippen MR) is 75.3 cm³/mol. The molecule has 0 spiro atoms. The summed E-state index contributed by atoms with van der Waals surface area (Å²) in [6, 6.07) is 0. The van der Waals surface area contributed by atoms with Crippen molar-refractivity contribution in [3.8, 4) is 0 Å². The van der Waals surface area contributed by atoms with Crippen molar-refractivity contribution in [2.75, 3.05) is 5.75 Å². The molecule has 1 aromatic heterocycles. The van der Waals surface area contributed by atoms with Crippen LogP contribution in [0.1, 0.15) is 43.3 Å². The van der Waals surface area contributed by atoms with Crippen molar-refractivity contribution in [2.45, 2.75) is 45.3 Å². The Morgan fingerprint density at radius 1 is 1.37 bits per heavy atom. The van der Waals surface area contributed by atoms with Gasteiger partial charge in [-0.1, -0.05) is 27.7 Å². The molecule has 0 radical (unpaired) electrons. The molecule has 19 heavy (non-hydrogen) atoms. The Bertz CT molecular complexity index is 567. The van der Waals surface area contributed by atoms with Crippen molar-refractivity contribution >= 4 is 27.1 Å². The number of carboxylic acids is 1. The zero-order chi connectivity index (χ0) is 14.8. The number of rotatable bonds is 5. The summed E-state index contributed by atoms with van der Waals surface area (Å²) in [5.41, 5.74) is 0.386. The molecule has 1 aromatic rings. The van der Waals surface area contributed by atoms with Crippen LogP contribution in [-0.2, 0) is 32.2 Å². The van der Waals surface area contributed by atoms with Gasteiger partial charge in [-0.2, -0.15) is 0 Å². The molecule has 0 atom stereocenters. The molecule has 1 rings (SSSR count). The first-order valence-electron chi connectivity index (χ1n) is 5.96. The molecule has 0 saturated heterocycles. The van der Waals surface area contributed by atoms with Crippen molar-refractivity contribution < 1.29 is 18.3 Å². The largest absolute Gasteiger partial charge is 0.481 e. The molecule has 7 heteroatoms. The number of carbonyl (C=O) groups is 1. The lowest BCUT2D eigenvalue weighted by atomic mass is 9.91. The van der Waals surface area contributed by atoms with Crippen LogP contribution in [0.2, 0.25) is 0 Å². The van der Waals surface area contributed by atoms with E-state index in [0.29, 0.717) is 15.6 Å². The smallest absolute Gasteiger partial charge is 0.308 e. The molecule has 1 heterocycles. The van der Waals surface area contributed by atoms with Crippen molar-refractivity contribution in [1.82, 2.24) is 4.98 Å². The summed E-state index contributed by atoms with van der Waals surface area (Å²) >= 11 is 1.19. The minimum absolute atomic E-state index is 0.0612. The Morgan fingerprint density at radius 3 is 2.37 bits per heavy atom. The van der Waals surface area contributed by atoms with Gasteiger partial charge in [0, 0.05) is 16.0 Å². The van der Waals surface area contributed by atoms with Gasteiger partial charge in [0.05, 0.1) is 12.1 Å². The SMILES string of the molecule is CCS(=O)(=O)Cc1nc(C(C)(C)C)c(CC(=O)O)s1. The van der Waals surface area contributed by atoms with Crippen LogP contribution < -0.4 is 0 Å². The Labute approximate surface area is 117 Å². The van der Waals surface area contributed by atoms with Gasteiger partial charge in [0.2, 0.25) is 0 Å². The van der Waals surface area contributed by atoms with Gasteiger partial charge in [0.15, 0.2) is 9.84 Å². The monoisotopic (exact) mass is 305 g/mol. The molecule has 0 aliphatic rings. The van der Waals surface area contributed by atoms with Crippen LogP contribution in [0.5, 0.6) is 0 Å². The van der Waals surface area contributed by atoms with E-state index in [-0.39, 0.29) is 23.3 Å². The van der Waals surface area contributed by atoms with Gasteiger partial charge < -0.3 is 5.11 Å². The number of hydrogen-bond acceptors (Lipinski definition) is 5. The third kappa shape index (κ3) is 4.58. The number of thiazole rings is 1. The van der Waals surface area contributed by atoms with E-state index in [0.717, 1.165) is 0 Å². The van der Waals surface area contributed by atoms with Crippen LogP contribution in [-0.4, -0.2) is 30.2 Å². The number of sulfone groups is 1. The van der Waals surface area contributed by atoms with Crippen LogP contribution in [0, 0.1) is 0 Å². The highest BCUT2D eigenvalue weighted by atomic mass is 32.2. The summed E-state index contributed by atoms with van der Waals surface area (Å²) in [5.74, 6) is -0.984. The summed E-state index contributed by atoms with van der Waals surface area (Å²) < 4.78 is 23.2. The number of hydrogen-bond donors (Lipinski definition) is 1. The molecular formula is C12H19NO4S2. The van der Waals surface area contributed by atoms with Crippen LogP contribution in [0.15, 0.2) is 0 Å². The first kappa shape index (κ1) is 16.1. The van der Waals surface area contributed by atoms with Crippen LogP contribution >= 0.6 is 11.3 Å². The second-order valence-corrected chi connectivity index (χ2v) is 8.90. The Kier molecular flexibility index (Phi) is 4.73. The number of carboxylic acid groups (broad SMARTS) is 1. The van der Waals surface area contributed by atoms with E-state index in [2.05, 4.69) is 4.98 Å². The minimum Gasteiger partial charge on any atom is -0.481 e. The number of nitrogens with zero attached hydrogens (tertiary/aromatic N) is 1. The van der Waals surface area contributed by atoms with Crippen LogP contribution in [0.4, 0.5) is 0 Å². The lowest BCUT2D eigenvalue weighted by Gasteiger charge is -2.16. The standard InChI is InChI=1S/C12H19NO4S2/c1-5-19(16,17)7-9-13-11(12(2,3)4)8(18-9)6-10(14)15/h5-7H2,1-4H3,(H,14,15). The van der Waals surface area contributed by atoms with Gasteiger partial charge in [-0.3, -0.25) is 4.79 Å². The van der Waals surface area contributed by atoms with Gasteiger partial charge in [0.25, 0.3) is 0 Å². The van der Waals surface area contributed by atoms with Gasteiger partial charge in [-0.25, -0.2) is 13.4 Å². The van der Waals surface area contributed by atoms with Crippen LogP contribution in [0.3, 0.4) is 0 Å². The molecule has 5 nitrogen and oxygen atoms in total. The quantitative estimate of drug-likeness (QED) is 0.899. The van der Waals surface area contributed by atoms with Gasteiger partial charge in [-0.05, 0) is 0 Å². The van der Waals surface area contributed by atoms with Crippen molar-refractivity contribution in [2.24, 2.45) is 0 Å². The number of aliphatic carboxylic acids is 1. The molecule has 1 N–H and O–H groups in total. The van der Waals surface area contributed by atoms with E-state index in [1.807, 2.05) is 20.8 Å². The van der Waals surface area contributed by atoms with E-state index < -0.39 is 15.8 Å². The molecule has 108 valence electrons. The summed E-state index contributed by atoms with van der Waals surface area (Å²) in [6.07, 6.45) is -0.115. The first-order valence-corrected chi connectivity index (χ1v) is 8.60. The molecule has 0 saturated carbocycles. The van der Waals surface area contributed by atoms with E-state index in [1.54, 1.807) is 6.92 Å². The van der Waals surface area contributed by atoms with E-state index in [9.17, 15) is 13.2 Å². The average molecular weight is 305 g/mol. The maximum Gasteiger partial charge on any atom is 0.308 e. The molecule has 0 aromatic carbocycles. The fourth-order valence-electron chi connectivity index (χ4n) is 1.60. The highest BCUT2D eigenvalue weighted by Crippen LogP contribution is 2.30. The van der Waals surface area contributed by atoms with E-state index >= 15 is 0 Å². The Morgan fingerprint density at radius 2 is 1.95 bits per heavy atom. The molecule has 0 amide bonds. The lowest BCUT2D eigenvalue weighted by Crippen LogP contribution is -2.16. The Balaban J connectivity index is 3.17. The maximum absolute atomic E-state index is 11.6. The van der Waals surface area contributed by atoms with Gasteiger partial charge >= 0.3 is 5.97 Å². The molecule has 0 aliphatic carbocycles. The van der Waals surface area contributed by atoms with E-state index in [4.69, 9.17) is 5.11 Å². The summed E-state index contributed by atoms with van der Waals surface area (Å²) in [7, 11) is -3.15. The third-order valence-corrected chi connectivity index (χ3v) is 5.38. The van der Waals surface area contributed by atoms with Crippen molar-refractivity contribution in [3.05, 3.63) is 15.6 Å². The second kappa shape index (κ2) is 5.58. The fourth-order valence-corrected chi connectivity index (χ4v) is 4.08. The third-order valence-electron chi connectivity index (χ3n) is 2.55. The highest BCUT2D eigenvalue weighted by Gasteiger charge is 2.25. The van der Waals surface area contributed by atoms with Crippen molar-refractivity contribution in [1.29, 1.82) is 0 Å². The van der Waals surface area contributed by atoms with Gasteiger partial charge in [0.1, 0.15) is 10.8 Å². The summed E-state index contributed by atoms with van der Waals surface area (Å²) in [5, 5.41) is 9.38. The molecular weight excluding hydrogens is 286 g/mol. The summed E-state index contributed by atoms with van der Waals surface area (Å²) in [4.78, 5) is 15.8. The van der Waals surface area contributed by atoms with Crippen LogP contribution in [0.25, 0.3) is 0 Å². The topological polar surface area (TPSA) is 84.3 Å². The zero-order valence-corrected chi connectivity index (χ0v) is 13.2. The normalized spacial score (nSPS) is 12.6.